The van der Waals surface area contributed by atoms with E-state index in [-0.39, 0.29) is 5.91 Å². The summed E-state index contributed by atoms with van der Waals surface area (Å²) >= 11 is 0. The first kappa shape index (κ1) is 14.1. The minimum Gasteiger partial charge on any atom is -0.344 e. The molecule has 3 heteroatoms. The third-order valence-electron chi connectivity index (χ3n) is 5.73. The van der Waals surface area contributed by atoms with Crippen LogP contribution >= 0.6 is 0 Å². The Kier molecular flexibility index (Phi) is 3.89. The van der Waals surface area contributed by atoms with Gasteiger partial charge in [0.05, 0.1) is 6.54 Å². The van der Waals surface area contributed by atoms with Gasteiger partial charge in [0.1, 0.15) is 0 Å². The molecule has 0 spiro atoms. The van der Waals surface area contributed by atoms with Crippen LogP contribution in [0.5, 0.6) is 0 Å². The molecule has 0 aliphatic heterocycles. The Hall–Kier alpha value is -0.830. The van der Waals surface area contributed by atoms with Gasteiger partial charge in [0.15, 0.2) is 0 Å². The maximum atomic E-state index is 12.2. The summed E-state index contributed by atoms with van der Waals surface area (Å²) in [6.45, 7) is 5.78. The van der Waals surface area contributed by atoms with Crippen LogP contribution in [-0.4, -0.2) is 37.5 Å². The zero-order chi connectivity index (χ0) is 14.2. The molecular formula is C17H28N2O. The Labute approximate surface area is 122 Å². The number of likely N-dealkylation sites (N-methyl/N-ethyl adjacent to an activating group) is 1. The minimum atomic E-state index is 0.225. The van der Waals surface area contributed by atoms with Gasteiger partial charge in [-0.25, -0.2) is 0 Å². The SMILES string of the molecule is C=CCNCC(=O)N(C)CC12CC3CC(CC(C3)C1)C2. The van der Waals surface area contributed by atoms with Crippen LogP contribution < -0.4 is 5.32 Å². The molecule has 4 aliphatic carbocycles. The molecule has 3 nitrogen and oxygen atoms in total. The quantitative estimate of drug-likeness (QED) is 0.597. The molecule has 0 aromatic carbocycles. The van der Waals surface area contributed by atoms with Crippen LogP contribution in [0.4, 0.5) is 0 Å². The lowest BCUT2D eigenvalue weighted by Gasteiger charge is -2.57. The number of carbonyl (C=O) groups is 1. The van der Waals surface area contributed by atoms with E-state index in [1.165, 1.54) is 38.5 Å². The van der Waals surface area contributed by atoms with E-state index in [9.17, 15) is 4.79 Å². The summed E-state index contributed by atoms with van der Waals surface area (Å²) in [4.78, 5) is 14.1. The molecule has 4 saturated carbocycles. The first-order valence-corrected chi connectivity index (χ1v) is 8.16. The van der Waals surface area contributed by atoms with E-state index >= 15 is 0 Å². The lowest BCUT2D eigenvalue weighted by Crippen LogP contribution is -2.52. The molecular weight excluding hydrogens is 248 g/mol. The highest BCUT2D eigenvalue weighted by Gasteiger charge is 2.51. The molecule has 0 atom stereocenters. The first-order valence-electron chi connectivity index (χ1n) is 8.16. The number of nitrogens with one attached hydrogen (secondary N) is 1. The second kappa shape index (κ2) is 5.51. The van der Waals surface area contributed by atoms with E-state index in [0.717, 1.165) is 24.3 Å². The second-order valence-corrected chi connectivity index (χ2v) is 7.59. The van der Waals surface area contributed by atoms with E-state index in [0.29, 0.717) is 18.5 Å². The van der Waals surface area contributed by atoms with E-state index in [1.807, 2.05) is 11.9 Å². The lowest BCUT2D eigenvalue weighted by molar-refractivity contribution is -0.134. The van der Waals surface area contributed by atoms with Crippen molar-refractivity contribution in [2.75, 3.05) is 26.7 Å². The summed E-state index contributed by atoms with van der Waals surface area (Å²) in [5.41, 5.74) is 0.456. The molecule has 1 amide bonds. The minimum absolute atomic E-state index is 0.225. The van der Waals surface area contributed by atoms with Crippen molar-refractivity contribution in [1.82, 2.24) is 10.2 Å². The van der Waals surface area contributed by atoms with Gasteiger partial charge in [-0.3, -0.25) is 4.79 Å². The molecule has 20 heavy (non-hydrogen) atoms. The zero-order valence-corrected chi connectivity index (χ0v) is 12.7. The van der Waals surface area contributed by atoms with Gasteiger partial charge in [-0.1, -0.05) is 6.08 Å². The summed E-state index contributed by atoms with van der Waals surface area (Å²) in [5.74, 6) is 3.11. The van der Waals surface area contributed by atoms with Crippen LogP contribution in [0.1, 0.15) is 38.5 Å². The summed E-state index contributed by atoms with van der Waals surface area (Å²) in [7, 11) is 1.98. The van der Waals surface area contributed by atoms with E-state index < -0.39 is 0 Å². The fourth-order valence-electron chi connectivity index (χ4n) is 5.49. The third kappa shape index (κ3) is 2.78. The van der Waals surface area contributed by atoms with E-state index in [4.69, 9.17) is 0 Å². The predicted octanol–water partition coefficient (Wildman–Crippen LogP) is 2.44. The van der Waals surface area contributed by atoms with E-state index in [1.54, 1.807) is 6.08 Å². The average Bonchev–Trinajstić information content (AvgIpc) is 2.36. The predicted molar refractivity (Wildman–Crippen MR) is 81.3 cm³/mol. The molecule has 0 heterocycles. The molecule has 4 rings (SSSR count). The lowest BCUT2D eigenvalue weighted by atomic mass is 9.49. The maximum absolute atomic E-state index is 12.2. The fourth-order valence-corrected chi connectivity index (χ4v) is 5.49. The van der Waals surface area contributed by atoms with Crippen LogP contribution in [0.25, 0.3) is 0 Å². The van der Waals surface area contributed by atoms with Gasteiger partial charge in [-0.2, -0.15) is 0 Å². The highest BCUT2D eigenvalue weighted by Crippen LogP contribution is 2.60. The average molecular weight is 276 g/mol. The van der Waals surface area contributed by atoms with Crippen molar-refractivity contribution < 1.29 is 4.79 Å². The van der Waals surface area contributed by atoms with Gasteiger partial charge in [0.25, 0.3) is 0 Å². The van der Waals surface area contributed by atoms with Gasteiger partial charge in [0.2, 0.25) is 5.91 Å². The number of rotatable bonds is 6. The fraction of sp³-hybridized carbons (Fsp3) is 0.824. The molecule has 4 aliphatic rings. The largest absolute Gasteiger partial charge is 0.344 e. The van der Waals surface area contributed by atoms with Crippen molar-refractivity contribution >= 4 is 5.91 Å². The smallest absolute Gasteiger partial charge is 0.236 e. The highest BCUT2D eigenvalue weighted by molar-refractivity contribution is 5.78. The third-order valence-corrected chi connectivity index (χ3v) is 5.73. The maximum Gasteiger partial charge on any atom is 0.236 e. The van der Waals surface area contributed by atoms with E-state index in [2.05, 4.69) is 11.9 Å². The molecule has 0 unspecified atom stereocenters. The normalized spacial score (nSPS) is 38.0. The van der Waals surface area contributed by atoms with Crippen molar-refractivity contribution in [3.8, 4) is 0 Å². The van der Waals surface area contributed by atoms with Crippen molar-refractivity contribution in [2.45, 2.75) is 38.5 Å². The monoisotopic (exact) mass is 276 g/mol. The van der Waals surface area contributed by atoms with Crippen LogP contribution in [-0.2, 0) is 4.79 Å². The first-order chi connectivity index (χ1) is 9.60. The Morgan fingerprint density at radius 2 is 1.80 bits per heavy atom. The number of amides is 1. The summed E-state index contributed by atoms with van der Waals surface area (Å²) in [5, 5.41) is 3.11. The van der Waals surface area contributed by atoms with Crippen molar-refractivity contribution in [2.24, 2.45) is 23.2 Å². The number of carbonyl (C=O) groups excluding carboxylic acids is 1. The highest BCUT2D eigenvalue weighted by atomic mass is 16.2. The topological polar surface area (TPSA) is 32.3 Å². The molecule has 112 valence electrons. The molecule has 0 aromatic rings. The summed E-state index contributed by atoms with van der Waals surface area (Å²) in [6, 6.07) is 0. The van der Waals surface area contributed by atoms with Crippen molar-refractivity contribution in [3.63, 3.8) is 0 Å². The summed E-state index contributed by atoms with van der Waals surface area (Å²) < 4.78 is 0. The molecule has 1 N–H and O–H groups in total. The van der Waals surface area contributed by atoms with Crippen LogP contribution in [0.3, 0.4) is 0 Å². The van der Waals surface area contributed by atoms with Gasteiger partial charge in [-0.05, 0) is 61.7 Å². The molecule has 4 fully saturated rings. The Bertz CT molecular complexity index is 355. The van der Waals surface area contributed by atoms with Crippen molar-refractivity contribution in [1.29, 1.82) is 0 Å². The Balaban J connectivity index is 1.57. The zero-order valence-electron chi connectivity index (χ0n) is 12.7. The van der Waals surface area contributed by atoms with Gasteiger partial charge >= 0.3 is 0 Å². The Morgan fingerprint density at radius 1 is 1.25 bits per heavy atom. The molecule has 0 aromatic heterocycles. The van der Waals surface area contributed by atoms with Gasteiger partial charge in [-0.15, -0.1) is 6.58 Å². The summed E-state index contributed by atoms with van der Waals surface area (Å²) in [6.07, 6.45) is 10.3. The number of nitrogens with zero attached hydrogens (tertiary/aromatic N) is 1. The van der Waals surface area contributed by atoms with Crippen LogP contribution in [0, 0.1) is 23.2 Å². The second-order valence-electron chi connectivity index (χ2n) is 7.59. The standard InChI is InChI=1S/C17H28N2O/c1-3-4-18-11-16(20)19(2)12-17-8-13-5-14(9-17)7-15(6-13)10-17/h3,13-15,18H,1,4-12H2,2H3. The van der Waals surface area contributed by atoms with Crippen LogP contribution in [0.2, 0.25) is 0 Å². The van der Waals surface area contributed by atoms with Gasteiger partial charge < -0.3 is 10.2 Å². The number of hydrogen-bond donors (Lipinski definition) is 1. The van der Waals surface area contributed by atoms with Crippen LogP contribution in [0.15, 0.2) is 12.7 Å². The Morgan fingerprint density at radius 3 is 2.30 bits per heavy atom. The van der Waals surface area contributed by atoms with Crippen molar-refractivity contribution in [3.05, 3.63) is 12.7 Å². The molecule has 0 saturated heterocycles. The molecule has 0 radical (unpaired) electrons. The number of hydrogen-bond acceptors (Lipinski definition) is 2. The van der Waals surface area contributed by atoms with Gasteiger partial charge in [0, 0.05) is 20.1 Å². The molecule has 4 bridgehead atoms.